The van der Waals surface area contributed by atoms with E-state index in [9.17, 15) is 14.9 Å². The van der Waals surface area contributed by atoms with Crippen LogP contribution in [0.4, 0.5) is 11.4 Å². The maximum atomic E-state index is 12.1. The maximum Gasteiger partial charge on any atom is 0.270 e. The number of hydrazine groups is 1. The fraction of sp³-hybridized carbons (Fsp3) is 0.167. The molecule has 110 valence electrons. The molecule has 0 atom stereocenters. The van der Waals surface area contributed by atoms with E-state index in [4.69, 9.17) is 5.84 Å². The fourth-order valence-electron chi connectivity index (χ4n) is 1.80. The Bertz CT molecular complexity index is 681. The number of aryl methyl sites for hydroxylation is 1. The molecule has 1 heterocycles. The molecule has 0 fully saturated rings. The predicted molar refractivity (Wildman–Crippen MR) is 75.3 cm³/mol. The van der Waals surface area contributed by atoms with Crippen LogP contribution in [0.1, 0.15) is 15.9 Å². The number of benzene rings is 1. The van der Waals surface area contributed by atoms with Gasteiger partial charge in [-0.2, -0.15) is 5.10 Å². The molecular weight excluding hydrogens is 276 g/mol. The van der Waals surface area contributed by atoms with Crippen LogP contribution in [0.25, 0.3) is 0 Å². The van der Waals surface area contributed by atoms with E-state index in [1.54, 1.807) is 24.1 Å². The maximum absolute atomic E-state index is 12.1. The van der Waals surface area contributed by atoms with Crippen molar-refractivity contribution in [1.82, 2.24) is 15.1 Å². The molecule has 0 aliphatic carbocycles. The van der Waals surface area contributed by atoms with Crippen LogP contribution in [0.5, 0.6) is 0 Å². The van der Waals surface area contributed by atoms with Crippen molar-refractivity contribution in [3.63, 3.8) is 0 Å². The van der Waals surface area contributed by atoms with E-state index in [1.165, 1.54) is 18.2 Å². The van der Waals surface area contributed by atoms with Crippen LogP contribution in [0.15, 0.2) is 30.6 Å². The average molecular weight is 290 g/mol. The second-order valence-corrected chi connectivity index (χ2v) is 4.34. The van der Waals surface area contributed by atoms with Crippen molar-refractivity contribution in [2.24, 2.45) is 12.9 Å². The van der Waals surface area contributed by atoms with E-state index in [0.717, 1.165) is 5.56 Å². The van der Waals surface area contributed by atoms with Crippen LogP contribution in [-0.4, -0.2) is 20.6 Å². The summed E-state index contributed by atoms with van der Waals surface area (Å²) in [4.78, 5) is 22.3. The number of nitrogens with two attached hydrogens (primary N) is 1. The lowest BCUT2D eigenvalue weighted by molar-refractivity contribution is -0.384. The highest BCUT2D eigenvalue weighted by atomic mass is 16.6. The first-order valence-corrected chi connectivity index (χ1v) is 6.02. The van der Waals surface area contributed by atoms with Gasteiger partial charge in [0.1, 0.15) is 0 Å². The van der Waals surface area contributed by atoms with Crippen molar-refractivity contribution in [3.8, 4) is 0 Å². The van der Waals surface area contributed by atoms with Gasteiger partial charge in [-0.3, -0.25) is 25.4 Å². The first kappa shape index (κ1) is 14.5. The van der Waals surface area contributed by atoms with E-state index in [1.807, 2.05) is 0 Å². The topological polar surface area (TPSA) is 128 Å². The third kappa shape index (κ3) is 3.34. The minimum Gasteiger partial charge on any atom is -0.348 e. The molecule has 2 aromatic rings. The molecule has 1 amide bonds. The summed E-state index contributed by atoms with van der Waals surface area (Å²) in [6, 6.07) is 3.83. The van der Waals surface area contributed by atoms with Crippen molar-refractivity contribution < 1.29 is 9.72 Å². The van der Waals surface area contributed by atoms with Crippen LogP contribution in [0.3, 0.4) is 0 Å². The van der Waals surface area contributed by atoms with Crippen LogP contribution in [0.2, 0.25) is 0 Å². The third-order valence-electron chi connectivity index (χ3n) is 2.83. The molecule has 0 radical (unpaired) electrons. The van der Waals surface area contributed by atoms with E-state index >= 15 is 0 Å². The Morgan fingerprint density at radius 1 is 1.52 bits per heavy atom. The van der Waals surface area contributed by atoms with Crippen molar-refractivity contribution >= 4 is 17.3 Å². The van der Waals surface area contributed by atoms with E-state index in [0.29, 0.717) is 5.69 Å². The zero-order valence-corrected chi connectivity index (χ0v) is 11.2. The normalized spacial score (nSPS) is 10.2. The van der Waals surface area contributed by atoms with Gasteiger partial charge < -0.3 is 10.7 Å². The Kier molecular flexibility index (Phi) is 4.14. The summed E-state index contributed by atoms with van der Waals surface area (Å²) in [5.41, 5.74) is 3.40. The number of aromatic nitrogens is 2. The molecular formula is C12H14N6O3. The van der Waals surface area contributed by atoms with Gasteiger partial charge in [0.2, 0.25) is 0 Å². The monoisotopic (exact) mass is 290 g/mol. The molecule has 21 heavy (non-hydrogen) atoms. The van der Waals surface area contributed by atoms with Gasteiger partial charge in [0.05, 0.1) is 22.4 Å². The van der Waals surface area contributed by atoms with Gasteiger partial charge in [-0.25, -0.2) is 0 Å². The summed E-state index contributed by atoms with van der Waals surface area (Å²) >= 11 is 0. The number of nitro benzene ring substituents is 1. The molecule has 1 aromatic carbocycles. The Balaban J connectivity index is 2.17. The summed E-state index contributed by atoms with van der Waals surface area (Å²) < 4.78 is 1.61. The summed E-state index contributed by atoms with van der Waals surface area (Å²) in [5, 5.41) is 17.4. The zero-order valence-electron chi connectivity index (χ0n) is 11.2. The molecule has 0 aliphatic heterocycles. The van der Waals surface area contributed by atoms with Crippen LogP contribution < -0.4 is 16.6 Å². The van der Waals surface area contributed by atoms with E-state index in [-0.39, 0.29) is 17.8 Å². The summed E-state index contributed by atoms with van der Waals surface area (Å²) in [7, 11) is 1.77. The Morgan fingerprint density at radius 3 is 2.86 bits per heavy atom. The number of non-ortho nitro benzene ring substituents is 1. The van der Waals surface area contributed by atoms with Crippen LogP contribution in [-0.2, 0) is 13.6 Å². The SMILES string of the molecule is Cn1cc(CNC(=O)c2cc([N+](=O)[O-])ccc2NN)cn1. The zero-order chi connectivity index (χ0) is 15.4. The number of carbonyl (C=O) groups excluding carboxylic acids is 1. The molecule has 0 unspecified atom stereocenters. The van der Waals surface area contributed by atoms with Gasteiger partial charge in [-0.05, 0) is 6.07 Å². The van der Waals surface area contributed by atoms with E-state index < -0.39 is 10.8 Å². The minimum atomic E-state index is -0.571. The molecule has 2 rings (SSSR count). The first-order chi connectivity index (χ1) is 10.0. The van der Waals surface area contributed by atoms with Gasteiger partial charge in [0.15, 0.2) is 0 Å². The second-order valence-electron chi connectivity index (χ2n) is 4.34. The smallest absolute Gasteiger partial charge is 0.270 e. The second kappa shape index (κ2) is 6.01. The Labute approximate surface area is 119 Å². The van der Waals surface area contributed by atoms with Crippen molar-refractivity contribution in [2.75, 3.05) is 5.43 Å². The number of hydrogen-bond donors (Lipinski definition) is 3. The van der Waals surface area contributed by atoms with Crippen molar-refractivity contribution in [3.05, 3.63) is 51.8 Å². The number of nitrogens with zero attached hydrogens (tertiary/aromatic N) is 3. The molecule has 0 spiro atoms. The predicted octanol–water partition coefficient (Wildman–Crippen LogP) is 0.544. The number of anilines is 1. The lowest BCUT2D eigenvalue weighted by Crippen LogP contribution is -2.24. The van der Waals surface area contributed by atoms with Crippen LogP contribution >= 0.6 is 0 Å². The molecule has 9 nitrogen and oxygen atoms in total. The number of nitrogens with one attached hydrogen (secondary N) is 2. The fourth-order valence-corrected chi connectivity index (χ4v) is 1.80. The highest BCUT2D eigenvalue weighted by Crippen LogP contribution is 2.21. The molecule has 0 saturated carbocycles. The van der Waals surface area contributed by atoms with Crippen molar-refractivity contribution in [2.45, 2.75) is 6.54 Å². The summed E-state index contributed by atoms with van der Waals surface area (Å²) in [6.07, 6.45) is 3.38. The highest BCUT2D eigenvalue weighted by Gasteiger charge is 2.16. The van der Waals surface area contributed by atoms with Gasteiger partial charge in [-0.1, -0.05) is 0 Å². The standard InChI is InChI=1S/C12H14N6O3/c1-17-7-8(6-15-17)5-14-12(19)10-4-9(18(20)21)2-3-11(10)16-13/h2-4,6-7,16H,5,13H2,1H3,(H,14,19). The van der Waals surface area contributed by atoms with Gasteiger partial charge >= 0.3 is 0 Å². The number of rotatable bonds is 5. The number of amides is 1. The van der Waals surface area contributed by atoms with Gasteiger partial charge in [0, 0.05) is 37.5 Å². The van der Waals surface area contributed by atoms with Crippen molar-refractivity contribution in [1.29, 1.82) is 0 Å². The number of carbonyl (C=O) groups is 1. The van der Waals surface area contributed by atoms with E-state index in [2.05, 4.69) is 15.8 Å². The number of nitrogen functional groups attached to an aromatic ring is 1. The van der Waals surface area contributed by atoms with Gasteiger partial charge in [-0.15, -0.1) is 0 Å². The average Bonchev–Trinajstić information content (AvgIpc) is 2.89. The minimum absolute atomic E-state index is 0.107. The summed E-state index contributed by atoms with van der Waals surface area (Å²) in [6.45, 7) is 0.263. The third-order valence-corrected chi connectivity index (χ3v) is 2.83. The van der Waals surface area contributed by atoms with Crippen LogP contribution in [0, 0.1) is 10.1 Å². The lowest BCUT2D eigenvalue weighted by Gasteiger charge is -2.09. The molecule has 0 aliphatic rings. The molecule has 4 N–H and O–H groups in total. The molecule has 1 aromatic heterocycles. The quantitative estimate of drug-likeness (QED) is 0.419. The summed E-state index contributed by atoms with van der Waals surface area (Å²) in [5.74, 6) is 4.85. The largest absolute Gasteiger partial charge is 0.348 e. The first-order valence-electron chi connectivity index (χ1n) is 6.02. The lowest BCUT2D eigenvalue weighted by atomic mass is 10.1. The number of hydrogen-bond acceptors (Lipinski definition) is 6. The molecule has 0 bridgehead atoms. The Morgan fingerprint density at radius 2 is 2.29 bits per heavy atom. The van der Waals surface area contributed by atoms with Gasteiger partial charge in [0.25, 0.3) is 11.6 Å². The highest BCUT2D eigenvalue weighted by molar-refractivity contribution is 6.00. The molecule has 9 heteroatoms. The Hall–Kier alpha value is -2.94. The molecule has 0 saturated heterocycles. The number of nitro groups is 1.